The third kappa shape index (κ3) is 3.33. The van der Waals surface area contributed by atoms with E-state index in [1.165, 1.54) is 0 Å². The normalized spacial score (nSPS) is 14.7. The number of carbonyl (C=O) groups excluding carboxylic acids is 1. The largest absolute Gasteiger partial charge is 0.480 e. The second-order valence-corrected chi connectivity index (χ2v) is 6.33. The first-order valence-corrected chi connectivity index (χ1v) is 8.71. The van der Waals surface area contributed by atoms with E-state index < -0.39 is 0 Å². The van der Waals surface area contributed by atoms with E-state index in [4.69, 9.17) is 4.74 Å². The van der Waals surface area contributed by atoms with E-state index >= 15 is 0 Å². The van der Waals surface area contributed by atoms with Gasteiger partial charge in [-0.05, 0) is 31.2 Å². The Morgan fingerprint density at radius 2 is 2.00 bits per heavy atom. The van der Waals surface area contributed by atoms with E-state index in [1.807, 2.05) is 58.9 Å². The molecule has 0 unspecified atom stereocenters. The lowest BCUT2D eigenvalue weighted by Gasteiger charge is -2.35. The summed E-state index contributed by atoms with van der Waals surface area (Å²) in [5.74, 6) is 1.58. The van der Waals surface area contributed by atoms with Crippen LogP contribution in [0.25, 0.3) is 5.65 Å². The van der Waals surface area contributed by atoms with E-state index in [0.29, 0.717) is 18.8 Å². The van der Waals surface area contributed by atoms with Crippen LogP contribution in [-0.4, -0.2) is 58.0 Å². The Morgan fingerprint density at radius 3 is 2.77 bits per heavy atom. The summed E-state index contributed by atoms with van der Waals surface area (Å²) in [7, 11) is 0. The number of aryl methyl sites for hydroxylation is 1. The minimum absolute atomic E-state index is 0.00375. The molecule has 1 saturated heterocycles. The Kier molecular flexibility index (Phi) is 4.43. The number of piperazine rings is 1. The highest BCUT2D eigenvalue weighted by molar-refractivity contribution is 5.78. The van der Waals surface area contributed by atoms with E-state index in [9.17, 15) is 4.79 Å². The van der Waals surface area contributed by atoms with Crippen molar-refractivity contribution in [3.8, 4) is 5.75 Å². The lowest BCUT2D eigenvalue weighted by Crippen LogP contribution is -2.50. The average molecular weight is 351 g/mol. The van der Waals surface area contributed by atoms with Gasteiger partial charge in [-0.15, -0.1) is 0 Å². The van der Waals surface area contributed by atoms with E-state index in [0.717, 1.165) is 30.2 Å². The molecule has 26 heavy (non-hydrogen) atoms. The molecule has 3 aromatic rings. The molecule has 4 heterocycles. The maximum atomic E-state index is 12.5. The lowest BCUT2D eigenvalue weighted by atomic mass is 10.3. The minimum Gasteiger partial charge on any atom is -0.480 e. The van der Waals surface area contributed by atoms with Gasteiger partial charge in [0.2, 0.25) is 0 Å². The van der Waals surface area contributed by atoms with Gasteiger partial charge in [0.05, 0.1) is 5.69 Å². The fourth-order valence-electron chi connectivity index (χ4n) is 3.18. The second-order valence-electron chi connectivity index (χ2n) is 6.33. The van der Waals surface area contributed by atoms with Crippen LogP contribution in [-0.2, 0) is 4.79 Å². The van der Waals surface area contributed by atoms with Gasteiger partial charge < -0.3 is 18.9 Å². The van der Waals surface area contributed by atoms with Crippen LogP contribution < -0.4 is 9.64 Å². The molecule has 0 saturated carbocycles. The van der Waals surface area contributed by atoms with Crippen molar-refractivity contribution in [1.29, 1.82) is 0 Å². The predicted molar refractivity (Wildman–Crippen MR) is 98.5 cm³/mol. The van der Waals surface area contributed by atoms with Crippen LogP contribution >= 0.6 is 0 Å². The number of anilines is 1. The van der Waals surface area contributed by atoms with Crippen molar-refractivity contribution in [3.05, 3.63) is 54.6 Å². The van der Waals surface area contributed by atoms with Gasteiger partial charge in [-0.2, -0.15) is 0 Å². The molecule has 0 radical (unpaired) electrons. The number of nitrogens with zero attached hydrogens (tertiary/aromatic N) is 5. The maximum absolute atomic E-state index is 12.5. The van der Waals surface area contributed by atoms with Crippen LogP contribution in [0.4, 0.5) is 5.82 Å². The number of fused-ring (bicyclic) bond motifs is 1. The van der Waals surface area contributed by atoms with E-state index in [1.54, 1.807) is 6.20 Å². The summed E-state index contributed by atoms with van der Waals surface area (Å²) in [5.41, 5.74) is 1.65. The fourth-order valence-corrected chi connectivity index (χ4v) is 3.18. The van der Waals surface area contributed by atoms with Crippen molar-refractivity contribution >= 4 is 17.4 Å². The molecule has 0 bridgehead atoms. The lowest BCUT2D eigenvalue weighted by molar-refractivity contribution is -0.133. The highest BCUT2D eigenvalue weighted by Crippen LogP contribution is 2.19. The first kappa shape index (κ1) is 16.4. The van der Waals surface area contributed by atoms with Crippen molar-refractivity contribution in [2.45, 2.75) is 6.92 Å². The minimum atomic E-state index is -0.00375. The van der Waals surface area contributed by atoms with Crippen molar-refractivity contribution in [1.82, 2.24) is 19.3 Å². The van der Waals surface area contributed by atoms with Crippen molar-refractivity contribution < 1.29 is 9.53 Å². The molecule has 7 nitrogen and oxygen atoms in total. The molecular weight excluding hydrogens is 330 g/mol. The molecule has 3 aromatic heterocycles. The summed E-state index contributed by atoms with van der Waals surface area (Å²) in [6, 6.07) is 9.61. The topological polar surface area (TPSA) is 63.0 Å². The Morgan fingerprint density at radius 1 is 1.15 bits per heavy atom. The van der Waals surface area contributed by atoms with Crippen molar-refractivity contribution in [2.75, 3.05) is 37.7 Å². The average Bonchev–Trinajstić information content (AvgIpc) is 3.07. The molecule has 1 aliphatic heterocycles. The molecule has 4 rings (SSSR count). The van der Waals surface area contributed by atoms with Gasteiger partial charge in [-0.25, -0.2) is 9.97 Å². The Hall–Kier alpha value is -3.09. The Balaban J connectivity index is 1.34. The molecule has 0 aromatic carbocycles. The molecule has 7 heteroatoms. The number of ether oxygens (including phenoxy) is 1. The summed E-state index contributed by atoms with van der Waals surface area (Å²) in [5, 5.41) is 0. The van der Waals surface area contributed by atoms with Crippen LogP contribution in [0.2, 0.25) is 0 Å². The molecule has 0 atom stereocenters. The van der Waals surface area contributed by atoms with Crippen LogP contribution in [0, 0.1) is 6.92 Å². The predicted octanol–water partition coefficient (Wildman–Crippen LogP) is 1.77. The van der Waals surface area contributed by atoms with Gasteiger partial charge in [-0.3, -0.25) is 4.79 Å². The number of pyridine rings is 2. The van der Waals surface area contributed by atoms with E-state index in [2.05, 4.69) is 14.9 Å². The molecule has 1 amide bonds. The molecular formula is C19H21N5O2. The highest BCUT2D eigenvalue weighted by Gasteiger charge is 2.22. The number of rotatable bonds is 4. The number of aromatic nitrogens is 3. The summed E-state index contributed by atoms with van der Waals surface area (Å²) >= 11 is 0. The zero-order chi connectivity index (χ0) is 17.9. The van der Waals surface area contributed by atoms with E-state index in [-0.39, 0.29) is 12.5 Å². The zero-order valence-electron chi connectivity index (χ0n) is 14.7. The van der Waals surface area contributed by atoms with Gasteiger partial charge >= 0.3 is 0 Å². The summed E-state index contributed by atoms with van der Waals surface area (Å²) in [4.78, 5) is 25.3. The molecule has 0 N–H and O–H groups in total. The van der Waals surface area contributed by atoms with Gasteiger partial charge in [0.15, 0.2) is 18.0 Å². The smallest absolute Gasteiger partial charge is 0.260 e. The number of hydrogen-bond acceptors (Lipinski definition) is 5. The standard InChI is InChI=1S/C19H21N5O2/c1-15-13-24-8-4-5-16(19(24)21-15)26-14-18(25)23-11-9-22(10-12-23)17-6-2-3-7-20-17/h2-8,13H,9-12,14H2,1H3. The SMILES string of the molecule is Cc1cn2cccc(OCC(=O)N3CCN(c4ccccn4)CC3)c2n1. The van der Waals surface area contributed by atoms with Gasteiger partial charge in [0.25, 0.3) is 5.91 Å². The third-order valence-corrected chi connectivity index (χ3v) is 4.52. The summed E-state index contributed by atoms with van der Waals surface area (Å²) in [6.45, 7) is 4.85. The maximum Gasteiger partial charge on any atom is 0.260 e. The number of hydrogen-bond donors (Lipinski definition) is 0. The van der Waals surface area contributed by atoms with Crippen LogP contribution in [0.5, 0.6) is 5.75 Å². The first-order valence-electron chi connectivity index (χ1n) is 8.71. The highest BCUT2D eigenvalue weighted by atomic mass is 16.5. The first-order chi connectivity index (χ1) is 12.7. The number of imidazole rings is 1. The summed E-state index contributed by atoms with van der Waals surface area (Å²) < 4.78 is 7.66. The van der Waals surface area contributed by atoms with Gasteiger partial charge in [0.1, 0.15) is 5.82 Å². The quantitative estimate of drug-likeness (QED) is 0.717. The van der Waals surface area contributed by atoms with Crippen molar-refractivity contribution in [3.63, 3.8) is 0 Å². The van der Waals surface area contributed by atoms with Gasteiger partial charge in [-0.1, -0.05) is 6.07 Å². The molecule has 1 aliphatic rings. The van der Waals surface area contributed by atoms with Crippen LogP contribution in [0.1, 0.15) is 5.69 Å². The monoisotopic (exact) mass is 351 g/mol. The number of carbonyl (C=O) groups is 1. The second kappa shape index (κ2) is 7.03. The Labute approximate surface area is 151 Å². The number of amides is 1. The van der Waals surface area contributed by atoms with Gasteiger partial charge in [0, 0.05) is 44.8 Å². The molecule has 0 aliphatic carbocycles. The van der Waals surface area contributed by atoms with Crippen LogP contribution in [0.3, 0.4) is 0 Å². The summed E-state index contributed by atoms with van der Waals surface area (Å²) in [6.07, 6.45) is 5.64. The Bertz CT molecular complexity index is 901. The zero-order valence-corrected chi connectivity index (χ0v) is 14.7. The fraction of sp³-hybridized carbons (Fsp3) is 0.316. The third-order valence-electron chi connectivity index (χ3n) is 4.52. The molecule has 134 valence electrons. The molecule has 0 spiro atoms. The van der Waals surface area contributed by atoms with Crippen molar-refractivity contribution in [2.24, 2.45) is 0 Å². The van der Waals surface area contributed by atoms with Crippen LogP contribution in [0.15, 0.2) is 48.9 Å². The molecule has 1 fully saturated rings.